The molecule has 4 aliphatic heterocycles. The van der Waals surface area contributed by atoms with Crippen LogP contribution in [0.15, 0.2) is 135 Å². The highest BCUT2D eigenvalue weighted by molar-refractivity contribution is 5.94. The third-order valence-electron chi connectivity index (χ3n) is 19.3. The van der Waals surface area contributed by atoms with E-state index in [0.29, 0.717) is 35.3 Å². The first-order valence-corrected chi connectivity index (χ1v) is 30.2. The van der Waals surface area contributed by atoms with Crippen LogP contribution < -0.4 is 5.82 Å². The molecular formula is C72H72N4O17. The predicted octanol–water partition coefficient (Wildman–Crippen LogP) is 9.57. The van der Waals surface area contributed by atoms with Crippen molar-refractivity contribution in [2.24, 2.45) is 0 Å². The molecule has 8 aliphatic rings. The van der Waals surface area contributed by atoms with Gasteiger partial charge in [0.05, 0.1) is 0 Å². The Morgan fingerprint density at radius 3 is 0.989 bits per heavy atom. The van der Waals surface area contributed by atoms with E-state index in [1.165, 1.54) is 55.6 Å². The van der Waals surface area contributed by atoms with E-state index >= 15 is 0 Å². The average molecular weight is 1270 g/mol. The van der Waals surface area contributed by atoms with Crippen LogP contribution in [0.2, 0.25) is 0 Å². The third-order valence-corrected chi connectivity index (χ3v) is 19.3. The maximum atomic E-state index is 11.5. The van der Waals surface area contributed by atoms with Gasteiger partial charge in [0.25, 0.3) is 0 Å². The molecule has 4 atom stereocenters. The number of carbonyl (C=O) groups is 1. The molecule has 0 unspecified atom stereocenters. The molecule has 0 saturated heterocycles. The van der Waals surface area contributed by atoms with Gasteiger partial charge in [-0.1, -0.05) is 97.1 Å². The van der Waals surface area contributed by atoms with Crippen molar-refractivity contribution in [1.29, 1.82) is 0 Å². The van der Waals surface area contributed by atoms with Crippen molar-refractivity contribution in [2.45, 2.75) is 75.5 Å². The van der Waals surface area contributed by atoms with Crippen LogP contribution in [-0.2, 0) is 80.2 Å². The molecule has 0 radical (unpaired) electrons. The highest BCUT2D eigenvalue weighted by Gasteiger charge is 2.38. The lowest BCUT2D eigenvalue weighted by Gasteiger charge is -2.39. The van der Waals surface area contributed by atoms with Gasteiger partial charge in [-0.05, 0) is 193 Å². The summed E-state index contributed by atoms with van der Waals surface area (Å²) in [6.45, 7) is 4.22. The lowest BCUT2D eigenvalue weighted by atomic mass is 9.77. The summed E-state index contributed by atoms with van der Waals surface area (Å²) in [4.78, 5) is 65.1. The number of benzene rings is 8. The number of phenols is 6. The highest BCUT2D eigenvalue weighted by atomic mass is 17.1. The number of fused-ring (bicyclic) bond motifs is 10. The van der Waals surface area contributed by atoms with Gasteiger partial charge in [-0.25, -0.2) is 10.1 Å². The largest absolute Gasteiger partial charge is 0.519 e. The van der Waals surface area contributed by atoms with Gasteiger partial charge in [0.1, 0.15) is 0 Å². The zero-order valence-electron chi connectivity index (χ0n) is 51.5. The monoisotopic (exact) mass is 1260 g/mol. The molecule has 0 spiro atoms. The first-order valence-electron chi connectivity index (χ1n) is 30.2. The second-order valence-corrected chi connectivity index (χ2v) is 24.0. The smallest absolute Gasteiger partial charge is 0.504 e. The highest BCUT2D eigenvalue weighted by Crippen LogP contribution is 2.54. The molecule has 8 aromatic carbocycles. The van der Waals surface area contributed by atoms with Crippen LogP contribution in [-0.4, -0.2) is 134 Å². The summed E-state index contributed by atoms with van der Waals surface area (Å²) in [6, 6.07) is 41.4. The summed E-state index contributed by atoms with van der Waals surface area (Å²) >= 11 is 0. The van der Waals surface area contributed by atoms with Gasteiger partial charge >= 0.3 is 24.6 Å². The molecule has 4 aliphatic carbocycles. The first kappa shape index (κ1) is 65.8. The molecule has 9 aromatic rings. The van der Waals surface area contributed by atoms with Gasteiger partial charge in [-0.15, -0.1) is 0 Å². The van der Waals surface area contributed by atoms with E-state index in [2.05, 4.69) is 132 Å². The van der Waals surface area contributed by atoms with Crippen molar-refractivity contribution in [2.75, 3.05) is 54.4 Å². The number of nitrogens with zero attached hydrogens (tertiary/aromatic N) is 4. The van der Waals surface area contributed by atoms with Crippen molar-refractivity contribution in [3.8, 4) is 79.0 Å². The Morgan fingerprint density at radius 1 is 0.430 bits per heavy atom. The van der Waals surface area contributed by atoms with Crippen molar-refractivity contribution >= 4 is 29.9 Å². The first-order chi connectivity index (χ1) is 44.5. The Bertz CT molecular complexity index is 4150. The Balaban J connectivity index is 0.000000140. The standard InChI is InChI=1S/C18H15NO3.3C17H17NO2.CH2O3.2CO2.H2O.H2/c1-19-8-7-10-3-2-4-12-15(10)13(19)9-11-5-6-14-17(16(11)12)22-18(20)21-14;3*1-18-8-7-10-3-2-4-12-15(10)13(18)9-11-5-6-14(19)17(20)16(11)12;2-1-4-3;2*2-1-3;;/h2-6,13H,7-9H2,1H3;3*2-6,13,19-20H,7-9H2,1H3;1,3H;;;1H2;1H/t4*13-;;;;;/m1111...../s1. The molecular weight excluding hydrogens is 1190 g/mol. The van der Waals surface area contributed by atoms with Gasteiger partial charge in [-0.2, -0.15) is 19.2 Å². The van der Waals surface area contributed by atoms with Gasteiger partial charge in [0, 0.05) is 74.0 Å². The van der Waals surface area contributed by atoms with Gasteiger partial charge in [0.15, 0.2) is 45.7 Å². The minimum atomic E-state index is -0.632. The van der Waals surface area contributed by atoms with Crippen LogP contribution in [0.25, 0.3) is 55.7 Å². The molecule has 21 nitrogen and oxygen atoms in total. The van der Waals surface area contributed by atoms with E-state index in [4.69, 9.17) is 38.1 Å². The number of hydrogen-bond acceptors (Lipinski definition) is 20. The van der Waals surface area contributed by atoms with E-state index in [-0.39, 0.29) is 60.2 Å². The maximum Gasteiger partial charge on any atom is 0.519 e. The van der Waals surface area contributed by atoms with Crippen molar-refractivity contribution in [3.05, 3.63) is 199 Å². The van der Waals surface area contributed by atoms with Crippen LogP contribution in [0.3, 0.4) is 0 Å². The van der Waals surface area contributed by atoms with Crippen LogP contribution >= 0.6 is 0 Å². The normalized spacial score (nSPS) is 18.2. The van der Waals surface area contributed by atoms with Crippen molar-refractivity contribution < 1.29 is 80.5 Å². The van der Waals surface area contributed by atoms with E-state index in [1.807, 2.05) is 24.3 Å². The fraction of sp³-hybridized carbons (Fsp3) is 0.278. The van der Waals surface area contributed by atoms with E-state index < -0.39 is 5.82 Å². The number of aromatic hydroxyl groups is 6. The maximum absolute atomic E-state index is 11.5. The number of hydrogen-bond donors (Lipinski definition) is 7. The molecule has 93 heavy (non-hydrogen) atoms. The minimum Gasteiger partial charge on any atom is -0.504 e. The fourth-order valence-electron chi connectivity index (χ4n) is 15.1. The van der Waals surface area contributed by atoms with E-state index in [0.717, 1.165) is 133 Å². The summed E-state index contributed by atoms with van der Waals surface area (Å²) in [6.07, 6.45) is 8.33. The zero-order chi connectivity index (χ0) is 65.2. The Morgan fingerprint density at radius 2 is 0.699 bits per heavy atom. The zero-order valence-corrected chi connectivity index (χ0v) is 51.5. The van der Waals surface area contributed by atoms with Crippen LogP contribution in [0.4, 0.5) is 0 Å². The topological polar surface area (TPSA) is 324 Å². The van der Waals surface area contributed by atoms with Crippen LogP contribution in [0.1, 0.15) is 92.4 Å². The summed E-state index contributed by atoms with van der Waals surface area (Å²) in [5, 5.41) is 67.2. The second kappa shape index (κ2) is 27.7. The Labute approximate surface area is 535 Å². The minimum absolute atomic E-state index is 0. The SMILES string of the molecule is CN1CCc2cccc3c2[C@H]1Cc1ccc(O)c(O)c1-3.CN1CCc2cccc3c2[C@H]1Cc1ccc(O)c(O)c1-3.CN1CCc2cccc3c2[C@H]1Cc1ccc(O)c(O)c1-3.CN1CCc2cccc3c2[C@H]1Cc1ccc2oc(=O)oc2c1-3.O.O=C=O.O=C=O.O=COO.[HH]. The molecule has 482 valence electrons. The van der Waals surface area contributed by atoms with Gasteiger partial charge in [-0.3, -0.25) is 24.4 Å². The van der Waals surface area contributed by atoms with Crippen molar-refractivity contribution in [1.82, 2.24) is 19.6 Å². The molecule has 5 heterocycles. The third kappa shape index (κ3) is 12.2. The quantitative estimate of drug-likeness (QED) is 0.0348. The number of likely N-dealkylation sites (N-methyl/N-ethyl adjacent to an activating group) is 4. The molecule has 21 heteroatoms. The molecule has 0 amide bonds. The number of phenolic OH excluding ortho intramolecular Hbond substituents is 6. The Kier molecular flexibility index (Phi) is 19.6. The predicted molar refractivity (Wildman–Crippen MR) is 342 cm³/mol. The van der Waals surface area contributed by atoms with E-state index in [1.54, 1.807) is 18.2 Å². The summed E-state index contributed by atoms with van der Waals surface area (Å²) < 4.78 is 10.5. The molecule has 1 aromatic heterocycles. The van der Waals surface area contributed by atoms with Crippen molar-refractivity contribution in [3.63, 3.8) is 0 Å². The summed E-state index contributed by atoms with van der Waals surface area (Å²) in [5.74, 6) is -0.697. The molecule has 0 bridgehead atoms. The number of rotatable bonds is 1. The van der Waals surface area contributed by atoms with Crippen LogP contribution in [0.5, 0.6) is 34.5 Å². The van der Waals surface area contributed by atoms with Gasteiger partial charge in [0.2, 0.25) is 0 Å². The molecule has 9 N–H and O–H groups in total. The second-order valence-electron chi connectivity index (χ2n) is 24.0. The molecule has 0 fully saturated rings. The molecule has 17 rings (SSSR count). The average Bonchev–Trinajstić information content (AvgIpc) is 1.02. The fourth-order valence-corrected chi connectivity index (χ4v) is 15.1. The number of carbonyl (C=O) groups excluding carboxylic acids is 5. The lowest BCUT2D eigenvalue weighted by molar-refractivity contribution is -0.217. The van der Waals surface area contributed by atoms with E-state index in [9.17, 15) is 35.4 Å². The summed E-state index contributed by atoms with van der Waals surface area (Å²) in [7, 11) is 8.67. The van der Waals surface area contributed by atoms with Crippen LogP contribution in [0, 0.1) is 0 Å². The molecule has 0 saturated carbocycles. The summed E-state index contributed by atoms with van der Waals surface area (Å²) in [5.41, 5.74) is 24.5. The lowest BCUT2D eigenvalue weighted by Crippen LogP contribution is -2.35. The van der Waals surface area contributed by atoms with Gasteiger partial charge < -0.3 is 49.8 Å². The Hall–Kier alpha value is -10.2.